The Balaban J connectivity index is 3.44. The predicted octanol–water partition coefficient (Wildman–Crippen LogP) is 2.35. The van der Waals surface area contributed by atoms with Crippen LogP contribution in [-0.4, -0.2) is 12.2 Å². The molecule has 84 valence electrons. The number of methoxy groups -OCH3 is 1. The number of rotatable bonds is 3. The van der Waals surface area contributed by atoms with Crippen molar-refractivity contribution in [1.29, 1.82) is 0 Å². The molecule has 0 fully saturated rings. The minimum Gasteiger partial charge on any atom is -0.392 e. The Morgan fingerprint density at radius 1 is 1.13 bits per heavy atom. The molecule has 0 spiro atoms. The standard InChI is InChI=1S/C9H8F3IO2/c1-15-3-5-7(11)6(10)4(2-14)9(13)8(5)12/h14H,2-3H2,1H3. The van der Waals surface area contributed by atoms with Gasteiger partial charge in [0.2, 0.25) is 0 Å². The second-order valence-electron chi connectivity index (χ2n) is 2.80. The van der Waals surface area contributed by atoms with E-state index in [-0.39, 0.29) is 15.7 Å². The van der Waals surface area contributed by atoms with Crippen molar-refractivity contribution in [2.75, 3.05) is 7.11 Å². The van der Waals surface area contributed by atoms with Crippen molar-refractivity contribution in [2.24, 2.45) is 0 Å². The molecular formula is C9H8F3IO2. The Bertz CT molecular complexity index is 353. The molecule has 0 aliphatic rings. The SMILES string of the molecule is COCc1c(F)c(F)c(CO)c(I)c1F. The number of benzene rings is 1. The van der Waals surface area contributed by atoms with Gasteiger partial charge in [-0.15, -0.1) is 0 Å². The average molecular weight is 332 g/mol. The van der Waals surface area contributed by atoms with Crippen LogP contribution in [0.5, 0.6) is 0 Å². The number of ether oxygens (including phenoxy) is 1. The summed E-state index contributed by atoms with van der Waals surface area (Å²) in [6.07, 6.45) is 0. The molecule has 0 aliphatic heterocycles. The van der Waals surface area contributed by atoms with E-state index in [9.17, 15) is 13.2 Å². The first-order valence-corrected chi connectivity index (χ1v) is 5.05. The molecule has 1 aromatic carbocycles. The van der Waals surface area contributed by atoms with Gasteiger partial charge in [0.1, 0.15) is 5.82 Å². The fourth-order valence-electron chi connectivity index (χ4n) is 1.13. The Labute approximate surface area is 98.2 Å². The quantitative estimate of drug-likeness (QED) is 0.680. The zero-order chi connectivity index (χ0) is 11.6. The molecule has 0 aromatic heterocycles. The van der Waals surface area contributed by atoms with E-state index in [4.69, 9.17) is 5.11 Å². The van der Waals surface area contributed by atoms with E-state index in [1.807, 2.05) is 0 Å². The minimum absolute atomic E-state index is 0.124. The third-order valence-electron chi connectivity index (χ3n) is 1.89. The highest BCUT2D eigenvalue weighted by Gasteiger charge is 2.22. The lowest BCUT2D eigenvalue weighted by molar-refractivity contribution is 0.175. The largest absolute Gasteiger partial charge is 0.392 e. The molecule has 6 heteroatoms. The Hall–Kier alpha value is -0.340. The van der Waals surface area contributed by atoms with E-state index < -0.39 is 29.6 Å². The Kier molecular flexibility index (Phi) is 4.35. The summed E-state index contributed by atoms with van der Waals surface area (Å²) in [7, 11) is 1.25. The van der Waals surface area contributed by atoms with Crippen molar-refractivity contribution >= 4 is 22.6 Å². The van der Waals surface area contributed by atoms with Crippen molar-refractivity contribution < 1.29 is 23.0 Å². The maximum Gasteiger partial charge on any atom is 0.167 e. The van der Waals surface area contributed by atoms with Gasteiger partial charge in [0.25, 0.3) is 0 Å². The zero-order valence-corrected chi connectivity index (χ0v) is 9.94. The lowest BCUT2D eigenvalue weighted by Gasteiger charge is -2.10. The molecule has 2 nitrogen and oxygen atoms in total. The number of hydrogen-bond donors (Lipinski definition) is 1. The summed E-state index contributed by atoms with van der Waals surface area (Å²) in [6.45, 7) is -1.10. The fourth-order valence-corrected chi connectivity index (χ4v) is 1.87. The van der Waals surface area contributed by atoms with Gasteiger partial charge in [0.05, 0.1) is 22.3 Å². The smallest absolute Gasteiger partial charge is 0.167 e. The topological polar surface area (TPSA) is 29.5 Å². The predicted molar refractivity (Wildman–Crippen MR) is 55.7 cm³/mol. The normalized spacial score (nSPS) is 10.8. The lowest BCUT2D eigenvalue weighted by atomic mass is 10.1. The fraction of sp³-hybridized carbons (Fsp3) is 0.333. The zero-order valence-electron chi connectivity index (χ0n) is 7.78. The average Bonchev–Trinajstić information content (AvgIpc) is 2.23. The van der Waals surface area contributed by atoms with Crippen LogP contribution in [0.2, 0.25) is 0 Å². The molecule has 0 saturated carbocycles. The first-order chi connectivity index (χ1) is 7.04. The molecule has 0 heterocycles. The Morgan fingerprint density at radius 2 is 1.67 bits per heavy atom. The lowest BCUT2D eigenvalue weighted by Crippen LogP contribution is -2.08. The van der Waals surface area contributed by atoms with Crippen molar-refractivity contribution in [1.82, 2.24) is 0 Å². The number of aliphatic hydroxyl groups excluding tert-OH is 1. The van der Waals surface area contributed by atoms with Gasteiger partial charge in [-0.3, -0.25) is 0 Å². The van der Waals surface area contributed by atoms with Crippen LogP contribution in [0.3, 0.4) is 0 Å². The van der Waals surface area contributed by atoms with Crippen LogP contribution < -0.4 is 0 Å². The van der Waals surface area contributed by atoms with E-state index in [2.05, 4.69) is 4.74 Å². The molecule has 1 aromatic rings. The van der Waals surface area contributed by atoms with E-state index in [0.717, 1.165) is 0 Å². The summed E-state index contributed by atoms with van der Waals surface area (Å²) in [5.41, 5.74) is -0.831. The van der Waals surface area contributed by atoms with Crippen LogP contribution in [0, 0.1) is 21.0 Å². The molecule has 0 atom stereocenters. The molecule has 0 radical (unpaired) electrons. The summed E-state index contributed by atoms with van der Waals surface area (Å²) in [5, 5.41) is 8.76. The molecule has 0 amide bonds. The second kappa shape index (κ2) is 5.13. The van der Waals surface area contributed by atoms with Crippen LogP contribution in [0.15, 0.2) is 0 Å². The maximum atomic E-state index is 13.5. The van der Waals surface area contributed by atoms with E-state index in [1.165, 1.54) is 29.7 Å². The van der Waals surface area contributed by atoms with Crippen molar-refractivity contribution in [2.45, 2.75) is 13.2 Å². The van der Waals surface area contributed by atoms with Gasteiger partial charge in [0, 0.05) is 12.7 Å². The molecule has 1 N–H and O–H groups in total. The van der Waals surface area contributed by atoms with Crippen molar-refractivity contribution in [3.05, 3.63) is 32.1 Å². The minimum atomic E-state index is -1.31. The third-order valence-corrected chi connectivity index (χ3v) is 3.02. The van der Waals surface area contributed by atoms with Gasteiger partial charge in [-0.05, 0) is 22.6 Å². The van der Waals surface area contributed by atoms with E-state index in [1.54, 1.807) is 0 Å². The van der Waals surface area contributed by atoms with Crippen molar-refractivity contribution in [3.63, 3.8) is 0 Å². The molecule has 0 bridgehead atoms. The molecule has 0 saturated heterocycles. The molecule has 0 unspecified atom stereocenters. The summed E-state index contributed by atoms with van der Waals surface area (Å²) < 4.78 is 44.4. The summed E-state index contributed by atoms with van der Waals surface area (Å²) >= 11 is 1.52. The second-order valence-corrected chi connectivity index (χ2v) is 3.88. The van der Waals surface area contributed by atoms with Crippen molar-refractivity contribution in [3.8, 4) is 0 Å². The highest BCUT2D eigenvalue weighted by Crippen LogP contribution is 2.27. The van der Waals surface area contributed by atoms with Gasteiger partial charge in [-0.2, -0.15) is 0 Å². The van der Waals surface area contributed by atoms with Gasteiger partial charge >= 0.3 is 0 Å². The van der Waals surface area contributed by atoms with E-state index >= 15 is 0 Å². The number of halogens is 4. The number of aliphatic hydroxyl groups is 1. The van der Waals surface area contributed by atoms with Crippen LogP contribution in [0.4, 0.5) is 13.2 Å². The van der Waals surface area contributed by atoms with Gasteiger partial charge in [-0.1, -0.05) is 0 Å². The highest BCUT2D eigenvalue weighted by atomic mass is 127. The Morgan fingerprint density at radius 3 is 2.13 bits per heavy atom. The highest BCUT2D eigenvalue weighted by molar-refractivity contribution is 14.1. The summed E-state index contributed by atoms with van der Waals surface area (Å²) in [4.78, 5) is 0. The first-order valence-electron chi connectivity index (χ1n) is 3.98. The molecule has 1 rings (SSSR count). The first kappa shape index (κ1) is 12.7. The molecule has 0 aliphatic carbocycles. The van der Waals surface area contributed by atoms with Crippen LogP contribution in [-0.2, 0) is 18.0 Å². The molecular weight excluding hydrogens is 324 g/mol. The van der Waals surface area contributed by atoms with E-state index in [0.29, 0.717) is 0 Å². The monoisotopic (exact) mass is 332 g/mol. The van der Waals surface area contributed by atoms with Gasteiger partial charge in [-0.25, -0.2) is 13.2 Å². The van der Waals surface area contributed by atoms with Crippen LogP contribution in [0.25, 0.3) is 0 Å². The van der Waals surface area contributed by atoms with Gasteiger partial charge in [0.15, 0.2) is 11.6 Å². The number of hydrogen-bond acceptors (Lipinski definition) is 2. The van der Waals surface area contributed by atoms with Crippen LogP contribution in [0.1, 0.15) is 11.1 Å². The van der Waals surface area contributed by atoms with Crippen LogP contribution >= 0.6 is 22.6 Å². The third kappa shape index (κ3) is 2.26. The summed E-state index contributed by atoms with van der Waals surface area (Å²) in [5.74, 6) is -3.42. The molecule has 15 heavy (non-hydrogen) atoms. The summed E-state index contributed by atoms with van der Waals surface area (Å²) in [6, 6.07) is 0. The van der Waals surface area contributed by atoms with Gasteiger partial charge < -0.3 is 9.84 Å². The maximum absolute atomic E-state index is 13.5.